The average molecular weight is 365 g/mol. The van der Waals surface area contributed by atoms with Crippen molar-refractivity contribution in [1.82, 2.24) is 0 Å². The number of ether oxygens (including phenoxy) is 4. The van der Waals surface area contributed by atoms with Crippen LogP contribution in [0, 0.1) is 0 Å². The lowest BCUT2D eigenvalue weighted by molar-refractivity contribution is -0.153. The molecule has 0 saturated carbocycles. The zero-order valence-corrected chi connectivity index (χ0v) is 15.5. The average Bonchev–Trinajstić information content (AvgIpc) is 3.37. The highest BCUT2D eigenvalue weighted by molar-refractivity contribution is 6.04. The van der Waals surface area contributed by atoms with E-state index in [-0.39, 0.29) is 6.54 Å². The number of amides is 1. The van der Waals surface area contributed by atoms with E-state index in [9.17, 15) is 14.4 Å². The molecule has 0 bridgehead atoms. The predicted octanol–water partition coefficient (Wildman–Crippen LogP) is 1.31. The van der Waals surface area contributed by atoms with Gasteiger partial charge in [-0.1, -0.05) is 0 Å². The van der Waals surface area contributed by atoms with Crippen LogP contribution in [-0.4, -0.2) is 56.4 Å². The molecular weight excluding hydrogens is 342 g/mol. The van der Waals surface area contributed by atoms with Crippen LogP contribution in [-0.2, 0) is 28.6 Å². The summed E-state index contributed by atoms with van der Waals surface area (Å²) >= 11 is 0. The number of esters is 2. The van der Waals surface area contributed by atoms with Gasteiger partial charge < -0.3 is 18.9 Å². The topological polar surface area (TPSA) is 94.7 Å². The van der Waals surface area contributed by atoms with Crippen molar-refractivity contribution in [1.29, 1.82) is 0 Å². The molecule has 8 nitrogen and oxygen atoms in total. The van der Waals surface area contributed by atoms with Crippen LogP contribution in [0.1, 0.15) is 20.8 Å². The molecule has 1 saturated heterocycles. The van der Waals surface area contributed by atoms with Crippen LogP contribution in [0.2, 0.25) is 0 Å². The fraction of sp³-hybridized carbons (Fsp3) is 0.500. The van der Waals surface area contributed by atoms with Crippen molar-refractivity contribution in [2.24, 2.45) is 0 Å². The Morgan fingerprint density at radius 2 is 1.69 bits per heavy atom. The summed E-state index contributed by atoms with van der Waals surface area (Å²) in [5.41, 5.74) is -0.225. The van der Waals surface area contributed by atoms with E-state index in [0.717, 1.165) is 0 Å². The molecule has 1 aliphatic heterocycles. The first-order valence-corrected chi connectivity index (χ1v) is 8.07. The number of rotatable bonds is 6. The molecule has 0 aromatic heterocycles. The van der Waals surface area contributed by atoms with E-state index in [2.05, 4.69) is 4.74 Å². The minimum atomic E-state index is -0.980. The number of nitrogens with zero attached hydrogens (tertiary/aromatic N) is 1. The number of anilines is 1. The summed E-state index contributed by atoms with van der Waals surface area (Å²) < 4.78 is 20.1. The molecular formula is C18H23NO7. The number of methoxy groups -OCH3 is 2. The number of hydrogen-bond acceptors (Lipinski definition) is 7. The Hall–Kier alpha value is -2.61. The monoisotopic (exact) mass is 365 g/mol. The fourth-order valence-corrected chi connectivity index (χ4v) is 2.31. The first-order valence-electron chi connectivity index (χ1n) is 8.07. The second-order valence-electron chi connectivity index (χ2n) is 6.71. The molecule has 2 rings (SSSR count). The van der Waals surface area contributed by atoms with Crippen molar-refractivity contribution in [3.63, 3.8) is 0 Å². The zero-order valence-electron chi connectivity index (χ0n) is 15.5. The van der Waals surface area contributed by atoms with Gasteiger partial charge in [0.15, 0.2) is 12.2 Å². The Bertz CT molecular complexity index is 678. The molecule has 2 atom stereocenters. The molecule has 1 aromatic rings. The number of benzene rings is 1. The van der Waals surface area contributed by atoms with Crippen LogP contribution in [0.3, 0.4) is 0 Å². The molecule has 142 valence electrons. The van der Waals surface area contributed by atoms with Crippen molar-refractivity contribution in [2.75, 3.05) is 25.7 Å². The molecule has 0 unspecified atom stereocenters. The van der Waals surface area contributed by atoms with E-state index >= 15 is 0 Å². The summed E-state index contributed by atoms with van der Waals surface area (Å²) in [5, 5.41) is 0. The van der Waals surface area contributed by atoms with Crippen molar-refractivity contribution < 1.29 is 33.3 Å². The summed E-state index contributed by atoms with van der Waals surface area (Å²) in [5.74, 6) is -1.11. The van der Waals surface area contributed by atoms with E-state index in [1.807, 2.05) is 0 Å². The molecule has 0 N–H and O–H groups in total. The van der Waals surface area contributed by atoms with E-state index in [1.54, 1.807) is 45.0 Å². The Kier molecular flexibility index (Phi) is 5.86. The van der Waals surface area contributed by atoms with Gasteiger partial charge in [-0.15, -0.1) is 0 Å². The molecule has 1 aliphatic rings. The molecule has 1 aromatic carbocycles. The molecule has 0 aliphatic carbocycles. The van der Waals surface area contributed by atoms with Crippen molar-refractivity contribution in [3.05, 3.63) is 24.3 Å². The van der Waals surface area contributed by atoms with E-state index in [1.165, 1.54) is 19.1 Å². The van der Waals surface area contributed by atoms with Gasteiger partial charge in [0.2, 0.25) is 0 Å². The Balaban J connectivity index is 2.19. The van der Waals surface area contributed by atoms with E-state index in [4.69, 9.17) is 14.2 Å². The van der Waals surface area contributed by atoms with Crippen LogP contribution >= 0.6 is 0 Å². The van der Waals surface area contributed by atoms with Crippen LogP contribution in [0.15, 0.2) is 24.3 Å². The van der Waals surface area contributed by atoms with Crippen molar-refractivity contribution in [3.8, 4) is 5.75 Å². The van der Waals surface area contributed by atoms with Crippen LogP contribution in [0.4, 0.5) is 5.69 Å². The maximum atomic E-state index is 12.7. The van der Waals surface area contributed by atoms with Gasteiger partial charge >= 0.3 is 11.9 Å². The van der Waals surface area contributed by atoms with Gasteiger partial charge in [0.1, 0.15) is 17.9 Å². The Labute approximate surface area is 152 Å². The van der Waals surface area contributed by atoms with Crippen molar-refractivity contribution in [2.45, 2.75) is 38.6 Å². The standard InChI is InChI=1S/C18H23NO7/c1-18(2,3)26-13(20)10-19(11-6-8-12(23-4)9-7-11)16(21)14-15(25-14)17(22)24-5/h6-9,14-15H,10H2,1-5H3/t14-,15+/m1/s1. The number of carbonyl (C=O) groups is 3. The highest BCUT2D eigenvalue weighted by Crippen LogP contribution is 2.29. The second kappa shape index (κ2) is 7.74. The van der Waals surface area contributed by atoms with Crippen LogP contribution < -0.4 is 9.64 Å². The molecule has 1 heterocycles. The van der Waals surface area contributed by atoms with Gasteiger partial charge in [0.25, 0.3) is 5.91 Å². The largest absolute Gasteiger partial charge is 0.497 e. The highest BCUT2D eigenvalue weighted by atomic mass is 16.6. The van der Waals surface area contributed by atoms with Crippen molar-refractivity contribution >= 4 is 23.5 Å². The van der Waals surface area contributed by atoms with Crippen LogP contribution in [0.5, 0.6) is 5.75 Å². The van der Waals surface area contributed by atoms with Gasteiger partial charge in [0.05, 0.1) is 14.2 Å². The highest BCUT2D eigenvalue weighted by Gasteiger charge is 2.53. The predicted molar refractivity (Wildman–Crippen MR) is 91.9 cm³/mol. The minimum Gasteiger partial charge on any atom is -0.497 e. The third-order valence-electron chi connectivity index (χ3n) is 3.53. The van der Waals surface area contributed by atoms with Gasteiger partial charge in [-0.2, -0.15) is 0 Å². The molecule has 26 heavy (non-hydrogen) atoms. The smallest absolute Gasteiger partial charge is 0.338 e. The fourth-order valence-electron chi connectivity index (χ4n) is 2.31. The number of carbonyl (C=O) groups excluding carboxylic acids is 3. The molecule has 0 spiro atoms. The summed E-state index contributed by atoms with van der Waals surface area (Å²) in [6.45, 7) is 4.90. The number of epoxide rings is 1. The lowest BCUT2D eigenvalue weighted by Crippen LogP contribution is -2.42. The number of hydrogen-bond donors (Lipinski definition) is 0. The normalized spacial score (nSPS) is 18.7. The summed E-state index contributed by atoms with van der Waals surface area (Å²) in [7, 11) is 2.74. The van der Waals surface area contributed by atoms with E-state index in [0.29, 0.717) is 11.4 Å². The summed E-state index contributed by atoms with van der Waals surface area (Å²) in [6.07, 6.45) is -1.93. The van der Waals surface area contributed by atoms with Gasteiger partial charge in [-0.25, -0.2) is 4.79 Å². The molecule has 1 amide bonds. The maximum Gasteiger partial charge on any atom is 0.338 e. The second-order valence-corrected chi connectivity index (χ2v) is 6.71. The Morgan fingerprint density at radius 1 is 1.08 bits per heavy atom. The SMILES string of the molecule is COC(=O)[C@H]1O[C@H]1C(=O)N(CC(=O)OC(C)(C)C)c1ccc(OC)cc1. The zero-order chi connectivity index (χ0) is 19.5. The summed E-state index contributed by atoms with van der Waals surface area (Å²) in [4.78, 5) is 37.7. The summed E-state index contributed by atoms with van der Waals surface area (Å²) in [6, 6.07) is 6.60. The van der Waals surface area contributed by atoms with Gasteiger partial charge in [-0.3, -0.25) is 14.5 Å². The van der Waals surface area contributed by atoms with Gasteiger partial charge in [0, 0.05) is 5.69 Å². The lowest BCUT2D eigenvalue weighted by atomic mass is 10.2. The molecule has 1 fully saturated rings. The lowest BCUT2D eigenvalue weighted by Gasteiger charge is -2.25. The molecule has 8 heteroatoms. The third-order valence-corrected chi connectivity index (χ3v) is 3.53. The van der Waals surface area contributed by atoms with Gasteiger partial charge in [-0.05, 0) is 45.0 Å². The van der Waals surface area contributed by atoms with E-state index < -0.39 is 35.7 Å². The first-order chi connectivity index (χ1) is 12.2. The first kappa shape index (κ1) is 19.7. The van der Waals surface area contributed by atoms with Crippen LogP contribution in [0.25, 0.3) is 0 Å². The maximum absolute atomic E-state index is 12.7. The minimum absolute atomic E-state index is 0.309. The quantitative estimate of drug-likeness (QED) is 0.554. The third kappa shape index (κ3) is 4.95. The molecule has 0 radical (unpaired) electrons. The Morgan fingerprint density at radius 3 is 2.19 bits per heavy atom.